The second-order valence-corrected chi connectivity index (χ2v) is 5.57. The number of rotatable bonds is 2. The van der Waals surface area contributed by atoms with Crippen LogP contribution in [0, 0.1) is 5.92 Å². The van der Waals surface area contributed by atoms with E-state index in [9.17, 15) is 0 Å². The molecule has 5 heteroatoms. The van der Waals surface area contributed by atoms with Gasteiger partial charge >= 0.3 is 0 Å². The lowest BCUT2D eigenvalue weighted by molar-refractivity contribution is 0.602. The van der Waals surface area contributed by atoms with Crippen molar-refractivity contribution in [1.82, 2.24) is 19.4 Å². The zero-order valence-corrected chi connectivity index (χ0v) is 10.9. The fraction of sp³-hybridized carbons (Fsp3) is 0.429. The molecule has 0 aromatic carbocycles. The second-order valence-electron chi connectivity index (χ2n) is 5.57. The predicted molar refractivity (Wildman–Crippen MR) is 75.3 cm³/mol. The summed E-state index contributed by atoms with van der Waals surface area (Å²) >= 11 is 0. The fourth-order valence-electron chi connectivity index (χ4n) is 3.12. The van der Waals surface area contributed by atoms with Crippen LogP contribution >= 0.6 is 0 Å². The standard InChI is InChI=1S/C14H17N5/c1-9-2-3-10(6-9)18-13-8-16-12-7-17-14-11(19(12)13)4-5-15-14/h4-5,7-10,15,18H,2-3,6H2,1H3. The van der Waals surface area contributed by atoms with E-state index in [1.165, 1.54) is 19.3 Å². The van der Waals surface area contributed by atoms with Crippen LogP contribution in [0.1, 0.15) is 26.2 Å². The van der Waals surface area contributed by atoms with Gasteiger partial charge in [-0.25, -0.2) is 9.97 Å². The molecule has 0 bridgehead atoms. The molecule has 3 aromatic heterocycles. The molecule has 98 valence electrons. The normalized spacial score (nSPS) is 23.4. The molecule has 0 saturated heterocycles. The van der Waals surface area contributed by atoms with Gasteiger partial charge in [0.1, 0.15) is 5.82 Å². The Labute approximate surface area is 111 Å². The van der Waals surface area contributed by atoms with E-state index in [2.05, 4.69) is 31.6 Å². The van der Waals surface area contributed by atoms with Gasteiger partial charge in [0.25, 0.3) is 0 Å². The first-order valence-corrected chi connectivity index (χ1v) is 6.87. The molecule has 19 heavy (non-hydrogen) atoms. The van der Waals surface area contributed by atoms with Crippen molar-refractivity contribution in [3.05, 3.63) is 24.7 Å². The summed E-state index contributed by atoms with van der Waals surface area (Å²) in [7, 11) is 0. The van der Waals surface area contributed by atoms with Crippen LogP contribution in [0.2, 0.25) is 0 Å². The van der Waals surface area contributed by atoms with Crippen molar-refractivity contribution in [3.8, 4) is 0 Å². The molecule has 3 aromatic rings. The van der Waals surface area contributed by atoms with E-state index < -0.39 is 0 Å². The first kappa shape index (κ1) is 10.8. The maximum atomic E-state index is 4.43. The first-order valence-electron chi connectivity index (χ1n) is 6.87. The van der Waals surface area contributed by atoms with E-state index in [0.29, 0.717) is 6.04 Å². The Hall–Kier alpha value is -2.04. The number of anilines is 1. The monoisotopic (exact) mass is 255 g/mol. The van der Waals surface area contributed by atoms with Gasteiger partial charge in [0, 0.05) is 12.2 Å². The number of nitrogens with one attached hydrogen (secondary N) is 2. The van der Waals surface area contributed by atoms with Crippen LogP contribution < -0.4 is 5.32 Å². The zero-order chi connectivity index (χ0) is 12.8. The quantitative estimate of drug-likeness (QED) is 0.740. The molecule has 0 aliphatic heterocycles. The highest BCUT2D eigenvalue weighted by atomic mass is 15.2. The van der Waals surface area contributed by atoms with Gasteiger partial charge in [-0.1, -0.05) is 6.92 Å². The van der Waals surface area contributed by atoms with E-state index in [1.54, 1.807) is 6.20 Å². The van der Waals surface area contributed by atoms with E-state index in [1.807, 2.05) is 18.5 Å². The summed E-state index contributed by atoms with van der Waals surface area (Å²) in [6, 6.07) is 2.61. The summed E-state index contributed by atoms with van der Waals surface area (Å²) in [5.41, 5.74) is 2.86. The number of imidazole rings is 1. The highest BCUT2D eigenvalue weighted by Gasteiger charge is 2.22. The fourth-order valence-corrected chi connectivity index (χ4v) is 3.12. The largest absolute Gasteiger partial charge is 0.367 e. The van der Waals surface area contributed by atoms with Crippen molar-refractivity contribution in [2.45, 2.75) is 32.2 Å². The number of H-pyrrole nitrogens is 1. The molecule has 3 heterocycles. The van der Waals surface area contributed by atoms with Crippen LogP contribution in [-0.2, 0) is 0 Å². The molecule has 2 N–H and O–H groups in total. The van der Waals surface area contributed by atoms with Gasteiger partial charge in [-0.3, -0.25) is 4.40 Å². The van der Waals surface area contributed by atoms with Gasteiger partial charge in [-0.15, -0.1) is 0 Å². The van der Waals surface area contributed by atoms with Gasteiger partial charge in [0.05, 0.1) is 17.9 Å². The number of fused-ring (bicyclic) bond motifs is 3. The third-order valence-electron chi connectivity index (χ3n) is 4.09. The SMILES string of the molecule is CC1CCC(Nc2cnc3cnc4[nH]ccc4n23)C1. The Morgan fingerprint density at radius 3 is 3.11 bits per heavy atom. The Bertz CT molecular complexity index is 726. The Morgan fingerprint density at radius 2 is 2.26 bits per heavy atom. The highest BCUT2D eigenvalue weighted by molar-refractivity contribution is 5.76. The van der Waals surface area contributed by atoms with Crippen molar-refractivity contribution in [3.63, 3.8) is 0 Å². The third-order valence-corrected chi connectivity index (χ3v) is 4.09. The summed E-state index contributed by atoms with van der Waals surface area (Å²) in [6.07, 6.45) is 9.44. The van der Waals surface area contributed by atoms with Crippen LogP contribution in [0.5, 0.6) is 0 Å². The van der Waals surface area contributed by atoms with E-state index in [4.69, 9.17) is 0 Å². The molecule has 2 unspecified atom stereocenters. The van der Waals surface area contributed by atoms with Crippen molar-refractivity contribution in [2.24, 2.45) is 5.92 Å². The van der Waals surface area contributed by atoms with Crippen LogP contribution in [0.15, 0.2) is 24.7 Å². The number of hydrogen-bond acceptors (Lipinski definition) is 3. The summed E-state index contributed by atoms with van der Waals surface area (Å²) < 4.78 is 2.14. The molecule has 0 radical (unpaired) electrons. The highest BCUT2D eigenvalue weighted by Crippen LogP contribution is 2.28. The second kappa shape index (κ2) is 3.98. The van der Waals surface area contributed by atoms with Crippen molar-refractivity contribution in [1.29, 1.82) is 0 Å². The summed E-state index contributed by atoms with van der Waals surface area (Å²) in [6.45, 7) is 2.32. The van der Waals surface area contributed by atoms with Crippen molar-refractivity contribution < 1.29 is 0 Å². The summed E-state index contributed by atoms with van der Waals surface area (Å²) in [4.78, 5) is 11.9. The van der Waals surface area contributed by atoms with Gasteiger partial charge in [-0.05, 0) is 31.2 Å². The molecular weight excluding hydrogens is 238 g/mol. The molecule has 1 aliphatic carbocycles. The van der Waals surface area contributed by atoms with Crippen LogP contribution in [-0.4, -0.2) is 25.4 Å². The van der Waals surface area contributed by atoms with Crippen LogP contribution in [0.4, 0.5) is 5.82 Å². The Balaban J connectivity index is 1.79. The zero-order valence-electron chi connectivity index (χ0n) is 10.9. The van der Waals surface area contributed by atoms with Gasteiger partial charge in [-0.2, -0.15) is 0 Å². The average Bonchev–Trinajstić information content (AvgIpc) is 3.09. The molecule has 2 atom stereocenters. The molecule has 5 nitrogen and oxygen atoms in total. The van der Waals surface area contributed by atoms with Gasteiger partial charge in [0.2, 0.25) is 0 Å². The average molecular weight is 255 g/mol. The Kier molecular flexibility index (Phi) is 2.27. The third kappa shape index (κ3) is 1.69. The van der Waals surface area contributed by atoms with Crippen molar-refractivity contribution >= 4 is 22.6 Å². The van der Waals surface area contributed by atoms with Crippen LogP contribution in [0.25, 0.3) is 16.8 Å². The molecule has 0 spiro atoms. The van der Waals surface area contributed by atoms with Crippen LogP contribution in [0.3, 0.4) is 0 Å². The van der Waals surface area contributed by atoms with Crippen molar-refractivity contribution in [2.75, 3.05) is 5.32 Å². The lowest BCUT2D eigenvalue weighted by Crippen LogP contribution is -2.16. The number of aromatic nitrogens is 4. The molecular formula is C14H17N5. The molecule has 1 aliphatic rings. The molecule has 0 amide bonds. The van der Waals surface area contributed by atoms with E-state index >= 15 is 0 Å². The topological polar surface area (TPSA) is 58.0 Å². The maximum Gasteiger partial charge on any atom is 0.157 e. The summed E-state index contributed by atoms with van der Waals surface area (Å²) in [5.74, 6) is 1.90. The number of hydrogen-bond donors (Lipinski definition) is 2. The maximum absolute atomic E-state index is 4.43. The first-order chi connectivity index (χ1) is 9.31. The van der Waals surface area contributed by atoms with Gasteiger partial charge < -0.3 is 10.3 Å². The molecule has 4 rings (SSSR count). The van der Waals surface area contributed by atoms with Gasteiger partial charge in [0.15, 0.2) is 11.3 Å². The minimum atomic E-state index is 0.567. The lowest BCUT2D eigenvalue weighted by Gasteiger charge is -2.13. The van der Waals surface area contributed by atoms with E-state index in [-0.39, 0.29) is 0 Å². The minimum Gasteiger partial charge on any atom is -0.367 e. The molecule has 1 fully saturated rings. The number of aromatic amines is 1. The van der Waals surface area contributed by atoms with E-state index in [0.717, 1.165) is 28.5 Å². The minimum absolute atomic E-state index is 0.567. The Morgan fingerprint density at radius 1 is 1.32 bits per heavy atom. The summed E-state index contributed by atoms with van der Waals surface area (Å²) in [5, 5.41) is 3.64. The lowest BCUT2D eigenvalue weighted by atomic mass is 10.1. The predicted octanol–water partition coefficient (Wildman–Crippen LogP) is 2.81. The molecule has 1 saturated carbocycles. The smallest absolute Gasteiger partial charge is 0.157 e. The number of nitrogens with zero attached hydrogens (tertiary/aromatic N) is 3.